The third-order valence-corrected chi connectivity index (χ3v) is 6.55. The number of hydrogen-bond donors (Lipinski definition) is 2. The Labute approximate surface area is 174 Å². The molecule has 2 N–H and O–H groups in total. The van der Waals surface area contributed by atoms with Crippen molar-refractivity contribution in [3.8, 4) is 0 Å². The van der Waals surface area contributed by atoms with Crippen LogP contribution >= 0.6 is 11.3 Å². The van der Waals surface area contributed by atoms with Gasteiger partial charge in [-0.15, -0.1) is 11.3 Å². The fraction of sp³-hybridized carbons (Fsp3) is 0.762. The number of ether oxygens (including phenoxy) is 1. The maximum absolute atomic E-state index is 5.82. The molecule has 158 valence electrons. The summed E-state index contributed by atoms with van der Waals surface area (Å²) in [4.78, 5) is 11.0. The molecule has 0 spiro atoms. The molecule has 2 fully saturated rings. The van der Waals surface area contributed by atoms with Crippen LogP contribution in [0.5, 0.6) is 0 Å². The van der Waals surface area contributed by atoms with Gasteiger partial charge in [-0.1, -0.05) is 6.07 Å². The quantitative estimate of drug-likeness (QED) is 0.394. The Morgan fingerprint density at radius 2 is 2.00 bits per heavy atom. The number of morpholine rings is 1. The van der Waals surface area contributed by atoms with Gasteiger partial charge in [0.2, 0.25) is 0 Å². The summed E-state index contributed by atoms with van der Waals surface area (Å²) in [5, 5.41) is 9.23. The van der Waals surface area contributed by atoms with Crippen molar-refractivity contribution in [2.24, 2.45) is 4.99 Å². The standard InChI is InChI=1S/C21H37N5OS/c1-17-15-25(16-18(2)27-17)10-7-9-23-21(22-3)24-14-19(20-8-6-13-28-20)26-11-4-5-12-26/h6,8,13,17-19H,4-5,7,9-12,14-16H2,1-3H3,(H2,22,23,24). The maximum Gasteiger partial charge on any atom is 0.191 e. The zero-order valence-electron chi connectivity index (χ0n) is 17.7. The lowest BCUT2D eigenvalue weighted by Crippen LogP contribution is -2.46. The third kappa shape index (κ3) is 6.44. The van der Waals surface area contributed by atoms with Gasteiger partial charge < -0.3 is 15.4 Å². The van der Waals surface area contributed by atoms with E-state index < -0.39 is 0 Å². The lowest BCUT2D eigenvalue weighted by atomic mass is 10.2. The average Bonchev–Trinajstić information content (AvgIpc) is 3.37. The van der Waals surface area contributed by atoms with Crippen LogP contribution in [0.25, 0.3) is 0 Å². The van der Waals surface area contributed by atoms with Gasteiger partial charge in [-0.2, -0.15) is 0 Å². The normalized spacial score (nSPS) is 25.8. The van der Waals surface area contributed by atoms with Crippen molar-refractivity contribution >= 4 is 17.3 Å². The number of guanidine groups is 1. The minimum atomic E-state index is 0.339. The molecule has 2 saturated heterocycles. The average molecular weight is 408 g/mol. The van der Waals surface area contributed by atoms with Gasteiger partial charge in [0.05, 0.1) is 18.2 Å². The van der Waals surface area contributed by atoms with E-state index in [2.05, 4.69) is 56.8 Å². The molecule has 0 radical (unpaired) electrons. The predicted octanol–water partition coefficient (Wildman–Crippen LogP) is 2.55. The molecule has 3 heterocycles. The van der Waals surface area contributed by atoms with E-state index in [1.807, 2.05) is 18.4 Å². The van der Waals surface area contributed by atoms with Gasteiger partial charge in [0.1, 0.15) is 0 Å². The Bertz CT molecular complexity index is 578. The Morgan fingerprint density at radius 1 is 1.25 bits per heavy atom. The minimum absolute atomic E-state index is 0.339. The lowest BCUT2D eigenvalue weighted by molar-refractivity contribution is -0.0679. The van der Waals surface area contributed by atoms with Crippen LogP contribution in [0.1, 0.15) is 44.0 Å². The zero-order valence-corrected chi connectivity index (χ0v) is 18.5. The van der Waals surface area contributed by atoms with E-state index in [0.29, 0.717) is 18.2 Å². The highest BCUT2D eigenvalue weighted by atomic mass is 32.1. The van der Waals surface area contributed by atoms with Gasteiger partial charge in [-0.05, 0) is 57.6 Å². The summed E-state index contributed by atoms with van der Waals surface area (Å²) in [6, 6.07) is 4.86. The summed E-state index contributed by atoms with van der Waals surface area (Å²) in [7, 11) is 1.86. The first kappa shape index (κ1) is 21.6. The summed E-state index contributed by atoms with van der Waals surface area (Å²) >= 11 is 1.86. The zero-order chi connectivity index (χ0) is 19.8. The van der Waals surface area contributed by atoms with Crippen LogP contribution < -0.4 is 10.6 Å². The Morgan fingerprint density at radius 3 is 2.64 bits per heavy atom. The summed E-state index contributed by atoms with van der Waals surface area (Å²) in [6.07, 6.45) is 4.42. The molecular weight excluding hydrogens is 370 g/mol. The summed E-state index contributed by atoms with van der Waals surface area (Å²) < 4.78 is 5.82. The van der Waals surface area contributed by atoms with E-state index in [1.165, 1.54) is 30.8 Å². The van der Waals surface area contributed by atoms with Crippen molar-refractivity contribution in [1.82, 2.24) is 20.4 Å². The molecule has 0 bridgehead atoms. The Hall–Kier alpha value is -1.15. The Balaban J connectivity index is 1.40. The van der Waals surface area contributed by atoms with Crippen molar-refractivity contribution in [3.05, 3.63) is 22.4 Å². The van der Waals surface area contributed by atoms with Crippen molar-refractivity contribution in [2.45, 2.75) is 51.4 Å². The molecule has 1 aromatic heterocycles. The second kappa shape index (κ2) is 11.1. The van der Waals surface area contributed by atoms with Crippen LogP contribution in [0.3, 0.4) is 0 Å². The molecule has 2 aliphatic rings. The number of hydrogen-bond acceptors (Lipinski definition) is 5. The lowest BCUT2D eigenvalue weighted by Gasteiger charge is -2.35. The van der Waals surface area contributed by atoms with Crippen molar-refractivity contribution in [3.63, 3.8) is 0 Å². The summed E-state index contributed by atoms with van der Waals surface area (Å²) in [5.41, 5.74) is 0. The number of likely N-dealkylation sites (tertiary alicyclic amines) is 1. The molecule has 0 saturated carbocycles. The summed E-state index contributed by atoms with van der Waals surface area (Å²) in [6.45, 7) is 11.7. The van der Waals surface area contributed by atoms with Gasteiger partial charge in [0.25, 0.3) is 0 Å². The smallest absolute Gasteiger partial charge is 0.191 e. The van der Waals surface area contributed by atoms with E-state index in [9.17, 15) is 0 Å². The highest BCUT2D eigenvalue weighted by Gasteiger charge is 2.24. The Kier molecular flexibility index (Phi) is 8.58. The molecule has 3 atom stereocenters. The number of nitrogens with one attached hydrogen (secondary N) is 2. The number of aliphatic imine (C=N–C) groups is 1. The molecular formula is C21H37N5OS. The second-order valence-corrected chi connectivity index (χ2v) is 9.00. The van der Waals surface area contributed by atoms with E-state index in [-0.39, 0.29) is 0 Å². The fourth-order valence-electron chi connectivity index (χ4n) is 4.33. The molecule has 2 aliphatic heterocycles. The van der Waals surface area contributed by atoms with Crippen molar-refractivity contribution < 1.29 is 4.74 Å². The first-order chi connectivity index (χ1) is 13.7. The summed E-state index contributed by atoms with van der Waals surface area (Å²) in [5.74, 6) is 0.907. The fourth-order valence-corrected chi connectivity index (χ4v) is 5.20. The molecule has 28 heavy (non-hydrogen) atoms. The van der Waals surface area contributed by atoms with Gasteiger partial charge >= 0.3 is 0 Å². The third-order valence-electron chi connectivity index (χ3n) is 5.58. The van der Waals surface area contributed by atoms with E-state index in [0.717, 1.165) is 45.1 Å². The molecule has 0 amide bonds. The van der Waals surface area contributed by atoms with Gasteiger partial charge in [0, 0.05) is 44.6 Å². The monoisotopic (exact) mass is 407 g/mol. The van der Waals surface area contributed by atoms with Crippen LogP contribution in [-0.4, -0.2) is 80.8 Å². The SMILES string of the molecule is CN=C(NCCCN1CC(C)OC(C)C1)NCC(c1cccs1)N1CCCC1. The van der Waals surface area contributed by atoms with Crippen LogP contribution in [0.4, 0.5) is 0 Å². The first-order valence-corrected chi connectivity index (χ1v) is 11.6. The van der Waals surface area contributed by atoms with Gasteiger partial charge in [0.15, 0.2) is 5.96 Å². The topological polar surface area (TPSA) is 52.1 Å². The van der Waals surface area contributed by atoms with Crippen LogP contribution in [0, 0.1) is 0 Å². The largest absolute Gasteiger partial charge is 0.373 e. The number of thiophene rings is 1. The van der Waals surface area contributed by atoms with E-state index in [1.54, 1.807) is 0 Å². The van der Waals surface area contributed by atoms with Crippen LogP contribution in [-0.2, 0) is 4.74 Å². The minimum Gasteiger partial charge on any atom is -0.373 e. The molecule has 1 aromatic rings. The van der Waals surface area contributed by atoms with Crippen LogP contribution in [0.2, 0.25) is 0 Å². The number of rotatable bonds is 8. The molecule has 3 rings (SSSR count). The highest BCUT2D eigenvalue weighted by molar-refractivity contribution is 7.10. The van der Waals surface area contributed by atoms with Gasteiger partial charge in [-0.25, -0.2) is 0 Å². The number of nitrogens with zero attached hydrogens (tertiary/aromatic N) is 3. The molecule has 3 unspecified atom stereocenters. The molecule has 7 heteroatoms. The highest BCUT2D eigenvalue weighted by Crippen LogP contribution is 2.27. The molecule has 0 aliphatic carbocycles. The van der Waals surface area contributed by atoms with E-state index >= 15 is 0 Å². The molecule has 6 nitrogen and oxygen atoms in total. The first-order valence-electron chi connectivity index (χ1n) is 10.8. The molecule has 0 aromatic carbocycles. The van der Waals surface area contributed by atoms with Gasteiger partial charge in [-0.3, -0.25) is 14.8 Å². The van der Waals surface area contributed by atoms with Crippen molar-refractivity contribution in [2.75, 3.05) is 52.9 Å². The van der Waals surface area contributed by atoms with E-state index in [4.69, 9.17) is 4.74 Å². The van der Waals surface area contributed by atoms with Crippen LogP contribution in [0.15, 0.2) is 22.5 Å². The predicted molar refractivity (Wildman–Crippen MR) is 118 cm³/mol. The van der Waals surface area contributed by atoms with Crippen molar-refractivity contribution in [1.29, 1.82) is 0 Å². The maximum atomic E-state index is 5.82. The second-order valence-electron chi connectivity index (χ2n) is 8.02.